The molecule has 0 spiro atoms. The van der Waals surface area contributed by atoms with Gasteiger partial charge in [0.2, 0.25) is 5.91 Å². The molecule has 2 aromatic carbocycles. The molecule has 2 aromatic rings. The molecule has 1 saturated carbocycles. The van der Waals surface area contributed by atoms with Gasteiger partial charge in [-0.3, -0.25) is 9.69 Å². The van der Waals surface area contributed by atoms with Crippen LogP contribution in [0.15, 0.2) is 42.5 Å². The van der Waals surface area contributed by atoms with E-state index in [0.717, 1.165) is 42.0 Å². The summed E-state index contributed by atoms with van der Waals surface area (Å²) >= 11 is 14.4. The van der Waals surface area contributed by atoms with Gasteiger partial charge in [-0.1, -0.05) is 60.7 Å². The van der Waals surface area contributed by atoms with E-state index in [1.807, 2.05) is 48.2 Å². The second-order valence-corrected chi connectivity index (χ2v) is 10.1. The first-order valence-electron chi connectivity index (χ1n) is 10.7. The monoisotopic (exact) mass is 462 g/mol. The van der Waals surface area contributed by atoms with Gasteiger partial charge in [0, 0.05) is 46.1 Å². The van der Waals surface area contributed by atoms with E-state index in [1.54, 1.807) is 0 Å². The van der Waals surface area contributed by atoms with E-state index in [0.29, 0.717) is 22.5 Å². The number of thioether (sulfide) groups is 1. The number of benzene rings is 2. The molecule has 6 heteroatoms. The average molecular weight is 463 g/mol. The van der Waals surface area contributed by atoms with Crippen molar-refractivity contribution >= 4 is 46.6 Å². The first-order chi connectivity index (χ1) is 14.5. The molecule has 0 radical (unpaired) electrons. The fourth-order valence-electron chi connectivity index (χ4n) is 5.10. The Hall–Kier alpha value is -1.20. The minimum absolute atomic E-state index is 0.0476. The number of fused-ring (bicyclic) bond motifs is 1. The molecule has 1 atom stereocenters. The largest absolute Gasteiger partial charge is 0.324 e. The van der Waals surface area contributed by atoms with Crippen LogP contribution < -0.4 is 5.32 Å². The maximum absolute atomic E-state index is 13.8. The molecule has 2 aliphatic rings. The average Bonchev–Trinajstić information content (AvgIpc) is 3.00. The van der Waals surface area contributed by atoms with E-state index >= 15 is 0 Å². The molecule has 1 unspecified atom stereocenters. The highest BCUT2D eigenvalue weighted by atomic mass is 35.5. The zero-order chi connectivity index (χ0) is 21.1. The van der Waals surface area contributed by atoms with Crippen LogP contribution in [-0.2, 0) is 16.8 Å². The van der Waals surface area contributed by atoms with Gasteiger partial charge in [-0.25, -0.2) is 0 Å². The van der Waals surface area contributed by atoms with E-state index < -0.39 is 5.54 Å². The Morgan fingerprint density at radius 1 is 1.10 bits per heavy atom. The predicted molar refractivity (Wildman–Crippen MR) is 129 cm³/mol. The lowest BCUT2D eigenvalue weighted by Crippen LogP contribution is -2.57. The molecule has 1 aliphatic carbocycles. The minimum atomic E-state index is -0.748. The Bertz CT molecular complexity index is 916. The van der Waals surface area contributed by atoms with Gasteiger partial charge >= 0.3 is 0 Å². The first kappa shape index (κ1) is 22.0. The molecule has 1 N–H and O–H groups in total. The second kappa shape index (κ2) is 9.52. The smallest absolute Gasteiger partial charge is 0.249 e. The molecule has 0 saturated heterocycles. The van der Waals surface area contributed by atoms with E-state index in [1.165, 1.54) is 19.3 Å². The first-order valence-corrected chi connectivity index (χ1v) is 12.8. The van der Waals surface area contributed by atoms with E-state index in [-0.39, 0.29) is 5.91 Å². The Morgan fingerprint density at radius 2 is 1.87 bits per heavy atom. The van der Waals surface area contributed by atoms with Crippen molar-refractivity contribution in [2.24, 2.45) is 0 Å². The van der Waals surface area contributed by atoms with Gasteiger partial charge in [-0.15, -0.1) is 0 Å². The van der Waals surface area contributed by atoms with Crippen molar-refractivity contribution < 1.29 is 4.79 Å². The molecule has 1 amide bonds. The SMILES string of the molecule is CSCCN(C1CCCCC1)C1(Cc2cccc(Cl)c2)C(=O)Nc2cc(Cl)ccc21. The van der Waals surface area contributed by atoms with Gasteiger partial charge in [0.1, 0.15) is 5.54 Å². The van der Waals surface area contributed by atoms with Gasteiger partial charge in [0.25, 0.3) is 0 Å². The molecule has 160 valence electrons. The standard InChI is InChI=1S/C24H28Cl2N2OS/c1-30-13-12-28(20-8-3-2-4-9-20)24(16-17-6-5-7-18(25)14-17)21-11-10-19(26)15-22(21)27-23(24)29/h5-7,10-11,14-15,20H,2-4,8-9,12-13,16H2,1H3,(H,27,29). The summed E-state index contributed by atoms with van der Waals surface area (Å²) in [7, 11) is 0. The summed E-state index contributed by atoms with van der Waals surface area (Å²) in [5.41, 5.74) is 2.19. The van der Waals surface area contributed by atoms with Gasteiger partial charge in [-0.05, 0) is 48.9 Å². The summed E-state index contributed by atoms with van der Waals surface area (Å²) in [6.45, 7) is 0.877. The fraction of sp³-hybridized carbons (Fsp3) is 0.458. The highest BCUT2D eigenvalue weighted by Gasteiger charge is 2.53. The minimum Gasteiger partial charge on any atom is -0.324 e. The van der Waals surface area contributed by atoms with Crippen LogP contribution in [0.3, 0.4) is 0 Å². The quantitative estimate of drug-likeness (QED) is 0.517. The number of halogens is 2. The van der Waals surface area contributed by atoms with Gasteiger partial charge < -0.3 is 5.32 Å². The third-order valence-corrected chi connectivity index (χ3v) is 7.50. The lowest BCUT2D eigenvalue weighted by molar-refractivity contribution is -0.130. The van der Waals surface area contributed by atoms with Crippen molar-refractivity contribution in [3.63, 3.8) is 0 Å². The molecule has 0 aromatic heterocycles. The third kappa shape index (κ3) is 4.25. The molecule has 1 heterocycles. The topological polar surface area (TPSA) is 32.3 Å². The number of carbonyl (C=O) groups is 1. The highest BCUT2D eigenvalue weighted by Crippen LogP contribution is 2.46. The number of rotatable bonds is 7. The maximum Gasteiger partial charge on any atom is 0.249 e. The van der Waals surface area contributed by atoms with E-state index in [9.17, 15) is 4.79 Å². The van der Waals surface area contributed by atoms with E-state index in [4.69, 9.17) is 23.2 Å². The summed E-state index contributed by atoms with van der Waals surface area (Å²) in [4.78, 5) is 16.3. The summed E-state index contributed by atoms with van der Waals surface area (Å²) < 4.78 is 0. The van der Waals surface area contributed by atoms with Crippen LogP contribution in [0.1, 0.15) is 43.2 Å². The number of anilines is 1. The molecular formula is C24H28Cl2N2OS. The van der Waals surface area contributed by atoms with Crippen LogP contribution in [0.25, 0.3) is 0 Å². The number of hydrogen-bond acceptors (Lipinski definition) is 3. The molecule has 4 rings (SSSR count). The van der Waals surface area contributed by atoms with Crippen molar-refractivity contribution in [2.45, 2.75) is 50.1 Å². The number of carbonyl (C=O) groups excluding carboxylic acids is 1. The van der Waals surface area contributed by atoms with Crippen LogP contribution in [-0.4, -0.2) is 35.4 Å². The van der Waals surface area contributed by atoms with Crippen LogP contribution in [0.5, 0.6) is 0 Å². The summed E-state index contributed by atoms with van der Waals surface area (Å²) in [6.07, 6.45) is 8.74. The zero-order valence-electron chi connectivity index (χ0n) is 17.3. The zero-order valence-corrected chi connectivity index (χ0v) is 19.6. The van der Waals surface area contributed by atoms with Crippen LogP contribution >= 0.6 is 35.0 Å². The molecule has 3 nitrogen and oxygen atoms in total. The molecule has 0 bridgehead atoms. The molecular weight excluding hydrogens is 435 g/mol. The van der Waals surface area contributed by atoms with Crippen LogP contribution in [0.2, 0.25) is 10.0 Å². The number of amides is 1. The lowest BCUT2D eigenvalue weighted by atomic mass is 9.80. The van der Waals surface area contributed by atoms with E-state index in [2.05, 4.69) is 22.5 Å². The number of nitrogens with one attached hydrogen (secondary N) is 1. The molecule has 1 fully saturated rings. The third-order valence-electron chi connectivity index (χ3n) is 6.44. The summed E-state index contributed by atoms with van der Waals surface area (Å²) in [5.74, 6) is 1.04. The number of nitrogens with zero attached hydrogens (tertiary/aromatic N) is 1. The van der Waals surface area contributed by atoms with Gasteiger partial charge in [-0.2, -0.15) is 11.8 Å². The van der Waals surface area contributed by atoms with Crippen molar-refractivity contribution in [2.75, 3.05) is 23.9 Å². The van der Waals surface area contributed by atoms with Crippen molar-refractivity contribution in [1.82, 2.24) is 4.90 Å². The normalized spacial score (nSPS) is 21.7. The van der Waals surface area contributed by atoms with Crippen LogP contribution in [0, 0.1) is 0 Å². The Labute approximate surface area is 193 Å². The molecule has 1 aliphatic heterocycles. The summed E-state index contributed by atoms with van der Waals surface area (Å²) in [6, 6.07) is 14.1. The van der Waals surface area contributed by atoms with Crippen molar-refractivity contribution in [3.05, 3.63) is 63.6 Å². The predicted octanol–water partition coefficient (Wildman–Crippen LogP) is 6.38. The van der Waals surface area contributed by atoms with Crippen molar-refractivity contribution in [3.8, 4) is 0 Å². The summed E-state index contributed by atoms with van der Waals surface area (Å²) in [5, 5.41) is 4.49. The van der Waals surface area contributed by atoms with Crippen molar-refractivity contribution in [1.29, 1.82) is 0 Å². The van der Waals surface area contributed by atoms with Gasteiger partial charge in [0.15, 0.2) is 0 Å². The number of hydrogen-bond donors (Lipinski definition) is 1. The Balaban J connectivity index is 1.85. The Morgan fingerprint density at radius 3 is 2.60 bits per heavy atom. The second-order valence-electron chi connectivity index (χ2n) is 8.29. The van der Waals surface area contributed by atoms with Crippen LogP contribution in [0.4, 0.5) is 5.69 Å². The molecule has 30 heavy (non-hydrogen) atoms. The fourth-order valence-corrected chi connectivity index (χ4v) is 5.86. The maximum atomic E-state index is 13.8. The van der Waals surface area contributed by atoms with Gasteiger partial charge in [0.05, 0.1) is 0 Å². The Kier molecular flexibility index (Phi) is 6.98. The highest BCUT2D eigenvalue weighted by molar-refractivity contribution is 7.98. The lowest BCUT2D eigenvalue weighted by Gasteiger charge is -2.46.